The highest BCUT2D eigenvalue weighted by molar-refractivity contribution is 6.14. The molecule has 0 radical (unpaired) electrons. The Morgan fingerprint density at radius 1 is 1.16 bits per heavy atom. The first-order valence-electron chi connectivity index (χ1n) is 10.4. The first-order valence-corrected chi connectivity index (χ1v) is 10.4. The number of aryl methyl sites for hydroxylation is 2. The molecule has 0 unspecified atom stereocenters. The van der Waals surface area contributed by atoms with E-state index in [4.69, 9.17) is 14.2 Å². The number of carbonyl (C=O) groups is 2. The van der Waals surface area contributed by atoms with Gasteiger partial charge in [-0.25, -0.2) is 4.79 Å². The van der Waals surface area contributed by atoms with E-state index in [-0.39, 0.29) is 11.5 Å². The van der Waals surface area contributed by atoms with Gasteiger partial charge in [-0.2, -0.15) is 0 Å². The van der Waals surface area contributed by atoms with Crippen LogP contribution in [0.1, 0.15) is 60.7 Å². The summed E-state index contributed by atoms with van der Waals surface area (Å²) in [5.74, 6) is 0.692. The average molecular weight is 424 g/mol. The molecule has 0 saturated carbocycles. The number of allylic oxidation sites excluding steroid dienone is 1. The predicted molar refractivity (Wildman–Crippen MR) is 118 cm³/mol. The van der Waals surface area contributed by atoms with Gasteiger partial charge in [-0.15, -0.1) is 0 Å². The fourth-order valence-electron chi connectivity index (χ4n) is 3.27. The first-order chi connectivity index (χ1) is 14.6. The molecule has 2 aromatic carbocycles. The van der Waals surface area contributed by atoms with Gasteiger partial charge in [0.2, 0.25) is 5.78 Å². The highest BCUT2D eigenvalue weighted by Gasteiger charge is 2.31. The molecule has 0 atom stereocenters. The molecular formula is C25H28O6. The van der Waals surface area contributed by atoms with E-state index >= 15 is 0 Å². The van der Waals surface area contributed by atoms with Crippen molar-refractivity contribution in [3.05, 3.63) is 58.3 Å². The summed E-state index contributed by atoms with van der Waals surface area (Å²) in [6, 6.07) is 8.92. The number of benzene rings is 2. The van der Waals surface area contributed by atoms with Gasteiger partial charge in [-0.3, -0.25) is 4.79 Å². The van der Waals surface area contributed by atoms with Gasteiger partial charge in [-0.05, 0) is 81.1 Å². The lowest BCUT2D eigenvalue weighted by atomic mass is 10.0. The number of carboxylic acid groups (broad SMARTS) is 1. The maximum Gasteiger partial charge on any atom is 0.347 e. The molecule has 1 N–H and O–H groups in total. The van der Waals surface area contributed by atoms with Crippen LogP contribution in [-0.4, -0.2) is 29.1 Å². The Kier molecular flexibility index (Phi) is 6.39. The lowest BCUT2D eigenvalue weighted by molar-refractivity contribution is -0.152. The van der Waals surface area contributed by atoms with Gasteiger partial charge in [0.05, 0.1) is 12.2 Å². The molecule has 0 bridgehead atoms. The monoisotopic (exact) mass is 424 g/mol. The Hall–Kier alpha value is -3.28. The summed E-state index contributed by atoms with van der Waals surface area (Å²) >= 11 is 0. The molecule has 1 aliphatic rings. The van der Waals surface area contributed by atoms with Crippen molar-refractivity contribution in [2.45, 2.75) is 53.1 Å². The zero-order valence-corrected chi connectivity index (χ0v) is 18.6. The second kappa shape index (κ2) is 8.84. The van der Waals surface area contributed by atoms with E-state index in [9.17, 15) is 14.7 Å². The van der Waals surface area contributed by atoms with Crippen molar-refractivity contribution in [1.82, 2.24) is 0 Å². The number of carbonyl (C=O) groups excluding carboxylic acids is 1. The molecule has 2 aromatic rings. The number of aliphatic carboxylic acids is 1. The predicted octanol–water partition coefficient (Wildman–Crippen LogP) is 5.34. The van der Waals surface area contributed by atoms with Gasteiger partial charge >= 0.3 is 5.97 Å². The topological polar surface area (TPSA) is 82.1 Å². The van der Waals surface area contributed by atoms with Crippen LogP contribution >= 0.6 is 0 Å². The quantitative estimate of drug-likeness (QED) is 0.455. The van der Waals surface area contributed by atoms with Crippen LogP contribution in [0, 0.1) is 13.8 Å². The molecule has 164 valence electrons. The van der Waals surface area contributed by atoms with Crippen LogP contribution in [0.2, 0.25) is 0 Å². The molecule has 3 rings (SSSR count). The van der Waals surface area contributed by atoms with Crippen molar-refractivity contribution < 1.29 is 28.9 Å². The van der Waals surface area contributed by atoms with Gasteiger partial charge in [-0.1, -0.05) is 13.3 Å². The maximum absolute atomic E-state index is 12.7. The highest BCUT2D eigenvalue weighted by Crippen LogP contribution is 2.36. The number of carboxylic acids is 1. The van der Waals surface area contributed by atoms with Crippen LogP contribution in [0.4, 0.5) is 0 Å². The number of ketones is 1. The number of unbranched alkanes of at least 4 members (excludes halogenated alkanes) is 1. The maximum atomic E-state index is 12.7. The number of ether oxygens (including phenoxy) is 3. The molecule has 0 aromatic heterocycles. The van der Waals surface area contributed by atoms with Crippen molar-refractivity contribution in [1.29, 1.82) is 0 Å². The van der Waals surface area contributed by atoms with Gasteiger partial charge in [0.1, 0.15) is 17.2 Å². The largest absolute Gasteiger partial charge is 0.493 e. The van der Waals surface area contributed by atoms with Crippen molar-refractivity contribution in [3.8, 4) is 17.2 Å². The van der Waals surface area contributed by atoms with Gasteiger partial charge in [0, 0.05) is 6.07 Å². The Morgan fingerprint density at radius 2 is 1.84 bits per heavy atom. The van der Waals surface area contributed by atoms with Crippen LogP contribution in [0.25, 0.3) is 6.08 Å². The zero-order valence-electron chi connectivity index (χ0n) is 18.6. The molecule has 0 spiro atoms. The third kappa shape index (κ3) is 4.90. The van der Waals surface area contributed by atoms with Gasteiger partial charge < -0.3 is 19.3 Å². The molecule has 1 aliphatic heterocycles. The van der Waals surface area contributed by atoms with Crippen molar-refractivity contribution in [2.75, 3.05) is 6.61 Å². The second-order valence-corrected chi connectivity index (χ2v) is 8.20. The number of fused-ring (bicyclic) bond motifs is 1. The molecular weight excluding hydrogens is 396 g/mol. The number of Topliss-reactive ketones (excluding diaryl/α,β-unsaturated/α-hetero) is 1. The van der Waals surface area contributed by atoms with Crippen LogP contribution in [0.5, 0.6) is 17.2 Å². The zero-order chi connectivity index (χ0) is 22.8. The fourth-order valence-corrected chi connectivity index (χ4v) is 3.27. The number of rotatable bonds is 8. The van der Waals surface area contributed by atoms with Crippen molar-refractivity contribution in [2.24, 2.45) is 0 Å². The molecule has 0 fully saturated rings. The van der Waals surface area contributed by atoms with Gasteiger partial charge in [0.25, 0.3) is 0 Å². The average Bonchev–Trinajstić information content (AvgIpc) is 3.00. The highest BCUT2D eigenvalue weighted by atomic mass is 16.5. The molecule has 6 nitrogen and oxygen atoms in total. The molecule has 1 heterocycles. The lowest BCUT2D eigenvalue weighted by Crippen LogP contribution is -2.38. The Balaban J connectivity index is 1.83. The normalized spacial score (nSPS) is 14.4. The number of hydrogen-bond acceptors (Lipinski definition) is 5. The first kappa shape index (κ1) is 22.4. The molecule has 31 heavy (non-hydrogen) atoms. The van der Waals surface area contributed by atoms with Crippen molar-refractivity contribution >= 4 is 17.8 Å². The third-order valence-electron chi connectivity index (χ3n) is 5.06. The van der Waals surface area contributed by atoms with E-state index in [1.54, 1.807) is 24.3 Å². The van der Waals surface area contributed by atoms with E-state index in [0.29, 0.717) is 29.4 Å². The minimum Gasteiger partial charge on any atom is -0.493 e. The second-order valence-electron chi connectivity index (χ2n) is 8.20. The van der Waals surface area contributed by atoms with E-state index in [0.717, 1.165) is 29.5 Å². The van der Waals surface area contributed by atoms with E-state index in [2.05, 4.69) is 6.92 Å². The van der Waals surface area contributed by atoms with Crippen LogP contribution in [0.15, 0.2) is 36.1 Å². The summed E-state index contributed by atoms with van der Waals surface area (Å²) in [5, 5.41) is 9.33. The number of hydrogen-bond donors (Lipinski definition) is 1. The third-order valence-corrected chi connectivity index (χ3v) is 5.06. The molecule has 0 saturated heterocycles. The summed E-state index contributed by atoms with van der Waals surface area (Å²) in [7, 11) is 0. The summed E-state index contributed by atoms with van der Waals surface area (Å²) in [6.07, 6.45) is 3.69. The minimum absolute atomic E-state index is 0.183. The smallest absolute Gasteiger partial charge is 0.347 e. The molecule has 0 amide bonds. The van der Waals surface area contributed by atoms with Gasteiger partial charge in [0.15, 0.2) is 11.4 Å². The van der Waals surface area contributed by atoms with E-state index in [1.165, 1.54) is 13.8 Å². The lowest BCUT2D eigenvalue weighted by Gasteiger charge is -2.24. The minimum atomic E-state index is -1.35. The standard InChI is InChI=1S/C25H28O6/c1-6-7-10-29-18-8-9-19-20(14-18)30-21(22(19)26)13-17-11-15(2)23(16(3)12-17)31-25(4,5)24(27)28/h8-9,11-14H,6-7,10H2,1-5H3,(H,27,28)/b21-13-. The van der Waals surface area contributed by atoms with Crippen LogP contribution in [0.3, 0.4) is 0 Å². The summed E-state index contributed by atoms with van der Waals surface area (Å²) < 4.78 is 17.3. The summed E-state index contributed by atoms with van der Waals surface area (Å²) in [5.41, 5.74) is 1.47. The summed E-state index contributed by atoms with van der Waals surface area (Å²) in [4.78, 5) is 24.1. The Morgan fingerprint density at radius 3 is 2.45 bits per heavy atom. The van der Waals surface area contributed by atoms with Crippen LogP contribution in [-0.2, 0) is 4.79 Å². The SMILES string of the molecule is CCCCOc1ccc2c(c1)O/C(=C\c1cc(C)c(OC(C)(C)C(=O)O)c(C)c1)C2=O. The van der Waals surface area contributed by atoms with E-state index in [1.807, 2.05) is 26.0 Å². The molecule has 6 heteroatoms. The Labute approximate surface area is 182 Å². The summed E-state index contributed by atoms with van der Waals surface area (Å²) in [6.45, 7) is 9.42. The van der Waals surface area contributed by atoms with E-state index < -0.39 is 11.6 Å². The fraction of sp³-hybridized carbons (Fsp3) is 0.360. The van der Waals surface area contributed by atoms with Crippen LogP contribution < -0.4 is 14.2 Å². The molecule has 0 aliphatic carbocycles. The van der Waals surface area contributed by atoms with Crippen molar-refractivity contribution in [3.63, 3.8) is 0 Å². The Bertz CT molecular complexity index is 1020.